The lowest BCUT2D eigenvalue weighted by atomic mass is 10.1. The Balaban J connectivity index is 2.12. The van der Waals surface area contributed by atoms with E-state index in [4.69, 9.17) is 5.11 Å². The molecule has 0 saturated carbocycles. The smallest absolute Gasteiger partial charge is 0.263 e. The van der Waals surface area contributed by atoms with Gasteiger partial charge in [-0.25, -0.2) is 22.2 Å². The maximum atomic E-state index is 13.2. The van der Waals surface area contributed by atoms with Crippen LogP contribution in [0.2, 0.25) is 0 Å². The molecule has 1 aromatic heterocycles. The highest BCUT2D eigenvalue weighted by Gasteiger charge is 2.16. The molecule has 0 bridgehead atoms. The molecule has 1 atom stereocenters. The lowest BCUT2D eigenvalue weighted by molar-refractivity contribution is 0.278. The van der Waals surface area contributed by atoms with Crippen LogP contribution < -0.4 is 10.0 Å². The number of aliphatic hydroxyl groups is 1. The predicted molar refractivity (Wildman–Crippen MR) is 90.8 cm³/mol. The van der Waals surface area contributed by atoms with Gasteiger partial charge in [0.1, 0.15) is 10.7 Å². The first-order chi connectivity index (χ1) is 11.9. The van der Waals surface area contributed by atoms with Gasteiger partial charge in [-0.05, 0) is 37.1 Å². The number of benzene rings is 1. The topological polar surface area (TPSA) is 91.3 Å². The van der Waals surface area contributed by atoms with Crippen molar-refractivity contribution < 1.29 is 22.3 Å². The van der Waals surface area contributed by atoms with E-state index >= 15 is 0 Å². The van der Waals surface area contributed by atoms with Crippen LogP contribution in [0.1, 0.15) is 19.8 Å². The van der Waals surface area contributed by atoms with Crippen molar-refractivity contribution in [2.24, 2.45) is 0 Å². The summed E-state index contributed by atoms with van der Waals surface area (Å²) in [6.45, 7) is 1.99. The maximum absolute atomic E-state index is 13.2. The molecule has 2 aromatic rings. The van der Waals surface area contributed by atoms with Gasteiger partial charge in [-0.1, -0.05) is 6.92 Å². The van der Waals surface area contributed by atoms with E-state index in [0.29, 0.717) is 12.2 Å². The van der Waals surface area contributed by atoms with E-state index in [-0.39, 0.29) is 23.2 Å². The Morgan fingerprint density at radius 1 is 1.20 bits per heavy atom. The second-order valence-electron chi connectivity index (χ2n) is 5.38. The average molecular weight is 371 g/mol. The molecule has 6 nitrogen and oxygen atoms in total. The first kappa shape index (κ1) is 19.1. The number of sulfonamides is 1. The number of aromatic nitrogens is 1. The third-order valence-corrected chi connectivity index (χ3v) is 4.91. The SMILES string of the molecule is CCC(CCO)Nc1ccc(S(=O)(=O)Nc2ccc(F)c(F)c2)cn1. The summed E-state index contributed by atoms with van der Waals surface area (Å²) >= 11 is 0. The largest absolute Gasteiger partial charge is 0.396 e. The van der Waals surface area contributed by atoms with Crippen LogP contribution in [0.25, 0.3) is 0 Å². The zero-order valence-electron chi connectivity index (χ0n) is 13.5. The summed E-state index contributed by atoms with van der Waals surface area (Å²) in [5.41, 5.74) is -0.0879. The van der Waals surface area contributed by atoms with Crippen molar-refractivity contribution in [2.75, 3.05) is 16.6 Å². The second kappa shape index (κ2) is 8.21. The fourth-order valence-electron chi connectivity index (χ4n) is 2.14. The molecule has 0 amide bonds. The van der Waals surface area contributed by atoms with Gasteiger partial charge in [-0.15, -0.1) is 0 Å². The Hall–Kier alpha value is -2.26. The summed E-state index contributed by atoms with van der Waals surface area (Å²) in [6, 6.07) is 5.60. The van der Waals surface area contributed by atoms with Crippen molar-refractivity contribution in [2.45, 2.75) is 30.7 Å². The number of hydrogen-bond donors (Lipinski definition) is 3. The third-order valence-electron chi connectivity index (χ3n) is 3.54. The van der Waals surface area contributed by atoms with E-state index in [1.807, 2.05) is 6.92 Å². The summed E-state index contributed by atoms with van der Waals surface area (Å²) in [7, 11) is -3.97. The van der Waals surface area contributed by atoms with E-state index in [1.54, 1.807) is 0 Å². The van der Waals surface area contributed by atoms with Gasteiger partial charge in [0, 0.05) is 24.9 Å². The molecule has 0 fully saturated rings. The molecule has 25 heavy (non-hydrogen) atoms. The van der Waals surface area contributed by atoms with Gasteiger partial charge in [0.05, 0.1) is 5.69 Å². The highest BCUT2D eigenvalue weighted by atomic mass is 32.2. The van der Waals surface area contributed by atoms with Crippen LogP contribution in [0.5, 0.6) is 0 Å². The molecule has 9 heteroatoms. The highest BCUT2D eigenvalue weighted by Crippen LogP contribution is 2.19. The van der Waals surface area contributed by atoms with Gasteiger partial charge >= 0.3 is 0 Å². The van der Waals surface area contributed by atoms with E-state index < -0.39 is 21.7 Å². The Morgan fingerprint density at radius 3 is 2.52 bits per heavy atom. The zero-order chi connectivity index (χ0) is 18.4. The van der Waals surface area contributed by atoms with Crippen LogP contribution in [-0.2, 0) is 10.0 Å². The average Bonchev–Trinajstić information content (AvgIpc) is 2.58. The molecule has 136 valence electrons. The molecular formula is C16H19F2N3O3S. The number of hydrogen-bond acceptors (Lipinski definition) is 5. The molecule has 0 aliphatic heterocycles. The van der Waals surface area contributed by atoms with Gasteiger partial charge in [0.25, 0.3) is 10.0 Å². The van der Waals surface area contributed by atoms with Crippen LogP contribution in [0.4, 0.5) is 20.3 Å². The number of anilines is 2. The standard InChI is InChI=1S/C16H19F2N3O3S/c1-2-11(7-8-22)20-16-6-4-13(10-19-16)25(23,24)21-12-3-5-14(17)15(18)9-12/h3-6,9-11,21-22H,2,7-8H2,1H3,(H,19,20). The molecule has 0 radical (unpaired) electrons. The monoisotopic (exact) mass is 371 g/mol. The Labute approximate surface area is 145 Å². The quantitative estimate of drug-likeness (QED) is 0.664. The lowest BCUT2D eigenvalue weighted by Crippen LogP contribution is -2.20. The fourth-order valence-corrected chi connectivity index (χ4v) is 3.14. The zero-order valence-corrected chi connectivity index (χ0v) is 14.4. The van der Waals surface area contributed by atoms with Crippen LogP contribution in [0, 0.1) is 11.6 Å². The summed E-state index contributed by atoms with van der Waals surface area (Å²) in [6.07, 6.45) is 2.49. The van der Waals surface area contributed by atoms with E-state index in [0.717, 1.165) is 30.8 Å². The van der Waals surface area contributed by atoms with E-state index in [9.17, 15) is 17.2 Å². The van der Waals surface area contributed by atoms with Crippen molar-refractivity contribution in [3.63, 3.8) is 0 Å². The van der Waals surface area contributed by atoms with Crippen molar-refractivity contribution in [3.8, 4) is 0 Å². The first-order valence-electron chi connectivity index (χ1n) is 7.67. The van der Waals surface area contributed by atoms with Gasteiger partial charge in [-0.2, -0.15) is 0 Å². The van der Waals surface area contributed by atoms with Crippen LogP contribution in [0.3, 0.4) is 0 Å². The van der Waals surface area contributed by atoms with Crippen molar-refractivity contribution in [1.82, 2.24) is 4.98 Å². The van der Waals surface area contributed by atoms with Crippen molar-refractivity contribution in [3.05, 3.63) is 48.2 Å². The predicted octanol–water partition coefficient (Wildman–Crippen LogP) is 2.73. The van der Waals surface area contributed by atoms with Gasteiger partial charge in [0.15, 0.2) is 11.6 Å². The normalized spacial score (nSPS) is 12.6. The summed E-state index contributed by atoms with van der Waals surface area (Å²) < 4.78 is 52.8. The molecule has 3 N–H and O–H groups in total. The lowest BCUT2D eigenvalue weighted by Gasteiger charge is -2.16. The molecule has 0 aliphatic rings. The second-order valence-corrected chi connectivity index (χ2v) is 7.06. The minimum Gasteiger partial charge on any atom is -0.396 e. The van der Waals surface area contributed by atoms with Crippen molar-refractivity contribution >= 4 is 21.5 Å². The van der Waals surface area contributed by atoms with Gasteiger partial charge < -0.3 is 10.4 Å². The summed E-state index contributed by atoms with van der Waals surface area (Å²) in [5.74, 6) is -1.73. The van der Waals surface area contributed by atoms with Gasteiger partial charge in [0.2, 0.25) is 0 Å². The molecule has 0 saturated heterocycles. The third kappa shape index (κ3) is 5.10. The highest BCUT2D eigenvalue weighted by molar-refractivity contribution is 7.92. The Bertz CT molecular complexity index is 814. The van der Waals surface area contributed by atoms with Crippen LogP contribution in [0.15, 0.2) is 41.4 Å². The molecule has 0 aliphatic carbocycles. The number of nitrogens with zero attached hydrogens (tertiary/aromatic N) is 1. The number of nitrogens with one attached hydrogen (secondary N) is 2. The van der Waals surface area contributed by atoms with Crippen LogP contribution >= 0.6 is 0 Å². The maximum Gasteiger partial charge on any atom is 0.263 e. The molecule has 1 aromatic carbocycles. The minimum atomic E-state index is -3.97. The van der Waals surface area contributed by atoms with Crippen LogP contribution in [-0.4, -0.2) is 31.2 Å². The molecule has 2 rings (SSSR count). The number of pyridine rings is 1. The van der Waals surface area contributed by atoms with E-state index in [2.05, 4.69) is 15.0 Å². The summed E-state index contributed by atoms with van der Waals surface area (Å²) in [5, 5.41) is 12.1. The first-order valence-corrected chi connectivity index (χ1v) is 9.15. The number of rotatable bonds is 8. The molecule has 0 spiro atoms. The fraction of sp³-hybridized carbons (Fsp3) is 0.312. The number of halogens is 2. The molecular weight excluding hydrogens is 352 g/mol. The van der Waals surface area contributed by atoms with E-state index in [1.165, 1.54) is 12.1 Å². The number of aliphatic hydroxyl groups excluding tert-OH is 1. The molecule has 1 unspecified atom stereocenters. The summed E-state index contributed by atoms with van der Waals surface area (Å²) in [4.78, 5) is 3.93. The van der Waals surface area contributed by atoms with Gasteiger partial charge in [-0.3, -0.25) is 4.72 Å². The Morgan fingerprint density at radius 2 is 1.96 bits per heavy atom. The minimum absolute atomic E-state index is 0.0280. The van der Waals surface area contributed by atoms with Crippen molar-refractivity contribution in [1.29, 1.82) is 0 Å². The molecule has 1 heterocycles. The Kier molecular flexibility index (Phi) is 6.27.